The van der Waals surface area contributed by atoms with Crippen LogP contribution in [0, 0.1) is 11.3 Å². The minimum Gasteiger partial charge on any atom is -0.497 e. The van der Waals surface area contributed by atoms with Crippen molar-refractivity contribution in [2.45, 2.75) is 31.8 Å². The number of nitriles is 1. The number of hydrogen-bond donors (Lipinski definition) is 1. The van der Waals surface area contributed by atoms with E-state index in [1.807, 2.05) is 48.5 Å². The van der Waals surface area contributed by atoms with Crippen LogP contribution in [0.15, 0.2) is 48.5 Å². The van der Waals surface area contributed by atoms with Crippen molar-refractivity contribution in [1.82, 2.24) is 4.90 Å². The molecule has 0 aliphatic heterocycles. The third-order valence-electron chi connectivity index (χ3n) is 4.48. The van der Waals surface area contributed by atoms with Gasteiger partial charge in [0.1, 0.15) is 5.75 Å². The van der Waals surface area contributed by atoms with Crippen LogP contribution in [0.3, 0.4) is 0 Å². The number of amides is 1. The smallest absolute Gasteiger partial charge is 0.238 e. The molecule has 0 unspecified atom stereocenters. The predicted molar refractivity (Wildman–Crippen MR) is 101 cm³/mol. The summed E-state index contributed by atoms with van der Waals surface area (Å²) in [5, 5.41) is 11.7. The zero-order valence-corrected chi connectivity index (χ0v) is 14.9. The van der Waals surface area contributed by atoms with E-state index in [0.717, 1.165) is 36.4 Å². The fourth-order valence-corrected chi connectivity index (χ4v) is 2.90. The fourth-order valence-electron chi connectivity index (χ4n) is 2.90. The summed E-state index contributed by atoms with van der Waals surface area (Å²) >= 11 is 0. The number of carbonyl (C=O) groups is 1. The van der Waals surface area contributed by atoms with Gasteiger partial charge in [0.15, 0.2) is 0 Å². The Morgan fingerprint density at radius 3 is 2.38 bits per heavy atom. The Balaban J connectivity index is 1.57. The highest BCUT2D eigenvalue weighted by molar-refractivity contribution is 5.92. The lowest BCUT2D eigenvalue weighted by Gasteiger charge is -2.21. The number of benzene rings is 2. The summed E-state index contributed by atoms with van der Waals surface area (Å²) in [5.74, 6) is 0.822. The van der Waals surface area contributed by atoms with Gasteiger partial charge in [-0.15, -0.1) is 0 Å². The molecule has 26 heavy (non-hydrogen) atoms. The first kappa shape index (κ1) is 18.0. The molecule has 0 heterocycles. The third kappa shape index (κ3) is 5.08. The van der Waals surface area contributed by atoms with Gasteiger partial charge in [-0.25, -0.2) is 0 Å². The van der Waals surface area contributed by atoms with E-state index in [1.165, 1.54) is 5.56 Å². The SMILES string of the molecule is COc1ccc(CN(CC(=O)Nc2ccc(CC#N)cc2)C2CC2)cc1. The Hall–Kier alpha value is -2.84. The average molecular weight is 349 g/mol. The number of nitrogens with zero attached hydrogens (tertiary/aromatic N) is 2. The van der Waals surface area contributed by atoms with E-state index in [1.54, 1.807) is 7.11 Å². The van der Waals surface area contributed by atoms with E-state index in [0.29, 0.717) is 19.0 Å². The first-order valence-electron chi connectivity index (χ1n) is 8.80. The van der Waals surface area contributed by atoms with Crippen LogP contribution in [0.4, 0.5) is 5.69 Å². The van der Waals surface area contributed by atoms with Crippen molar-refractivity contribution in [3.8, 4) is 11.8 Å². The lowest BCUT2D eigenvalue weighted by atomic mass is 10.1. The molecule has 0 spiro atoms. The highest BCUT2D eigenvalue weighted by Crippen LogP contribution is 2.28. The summed E-state index contributed by atoms with van der Waals surface area (Å²) < 4.78 is 5.19. The van der Waals surface area contributed by atoms with Gasteiger partial charge in [0.05, 0.1) is 26.1 Å². The second-order valence-corrected chi connectivity index (χ2v) is 6.56. The van der Waals surface area contributed by atoms with E-state index >= 15 is 0 Å². The average Bonchev–Trinajstić information content (AvgIpc) is 3.49. The van der Waals surface area contributed by atoms with Crippen LogP contribution in [-0.2, 0) is 17.8 Å². The number of nitrogens with one attached hydrogen (secondary N) is 1. The van der Waals surface area contributed by atoms with Crippen LogP contribution >= 0.6 is 0 Å². The monoisotopic (exact) mass is 349 g/mol. The Bertz CT molecular complexity index is 774. The number of hydrogen-bond acceptors (Lipinski definition) is 4. The van der Waals surface area contributed by atoms with Gasteiger partial charge < -0.3 is 10.1 Å². The van der Waals surface area contributed by atoms with E-state index in [4.69, 9.17) is 10.00 Å². The Labute approximate surface area is 154 Å². The van der Waals surface area contributed by atoms with E-state index in [2.05, 4.69) is 16.3 Å². The molecule has 0 bridgehead atoms. The zero-order chi connectivity index (χ0) is 18.4. The summed E-state index contributed by atoms with van der Waals surface area (Å²) in [6, 6.07) is 18.0. The second kappa shape index (κ2) is 8.50. The van der Waals surface area contributed by atoms with Crippen molar-refractivity contribution in [2.24, 2.45) is 0 Å². The number of rotatable bonds is 8. The Morgan fingerprint density at radius 2 is 1.81 bits per heavy atom. The Morgan fingerprint density at radius 1 is 1.15 bits per heavy atom. The van der Waals surface area contributed by atoms with Crippen molar-refractivity contribution in [1.29, 1.82) is 5.26 Å². The molecule has 1 saturated carbocycles. The Kier molecular flexibility index (Phi) is 5.88. The van der Waals surface area contributed by atoms with Gasteiger partial charge in [0.25, 0.3) is 0 Å². The summed E-state index contributed by atoms with van der Waals surface area (Å²) in [4.78, 5) is 14.7. The molecule has 1 fully saturated rings. The molecule has 1 amide bonds. The van der Waals surface area contributed by atoms with Crippen LogP contribution in [0.25, 0.3) is 0 Å². The van der Waals surface area contributed by atoms with E-state index < -0.39 is 0 Å². The van der Waals surface area contributed by atoms with E-state index in [-0.39, 0.29) is 5.91 Å². The number of ether oxygens (including phenoxy) is 1. The highest BCUT2D eigenvalue weighted by atomic mass is 16.5. The van der Waals surface area contributed by atoms with Gasteiger partial charge in [-0.1, -0.05) is 24.3 Å². The van der Waals surface area contributed by atoms with Crippen molar-refractivity contribution in [2.75, 3.05) is 19.0 Å². The molecule has 1 aliphatic carbocycles. The quantitative estimate of drug-likeness (QED) is 0.794. The first-order valence-corrected chi connectivity index (χ1v) is 8.80. The molecule has 3 rings (SSSR count). The second-order valence-electron chi connectivity index (χ2n) is 6.56. The normalized spacial score (nSPS) is 13.3. The van der Waals surface area contributed by atoms with Crippen LogP contribution in [0.1, 0.15) is 24.0 Å². The largest absolute Gasteiger partial charge is 0.497 e. The lowest BCUT2D eigenvalue weighted by molar-refractivity contribution is -0.117. The van der Waals surface area contributed by atoms with Crippen LogP contribution in [0.5, 0.6) is 5.75 Å². The fraction of sp³-hybridized carbons (Fsp3) is 0.333. The van der Waals surface area contributed by atoms with Gasteiger partial charge in [0, 0.05) is 18.3 Å². The predicted octanol–water partition coefficient (Wildman–Crippen LogP) is 3.36. The summed E-state index contributed by atoms with van der Waals surface area (Å²) in [6.07, 6.45) is 2.67. The van der Waals surface area contributed by atoms with Crippen molar-refractivity contribution in [3.63, 3.8) is 0 Å². The van der Waals surface area contributed by atoms with Gasteiger partial charge in [-0.05, 0) is 48.2 Å². The molecule has 0 aromatic heterocycles. The maximum absolute atomic E-state index is 12.4. The third-order valence-corrected chi connectivity index (χ3v) is 4.48. The number of methoxy groups -OCH3 is 1. The molecule has 2 aromatic carbocycles. The van der Waals surface area contributed by atoms with Gasteiger partial charge in [-0.2, -0.15) is 5.26 Å². The van der Waals surface area contributed by atoms with Crippen molar-refractivity contribution >= 4 is 11.6 Å². The van der Waals surface area contributed by atoms with Gasteiger partial charge in [-0.3, -0.25) is 9.69 Å². The molecule has 5 heteroatoms. The maximum Gasteiger partial charge on any atom is 0.238 e. The molecule has 0 saturated heterocycles. The van der Waals surface area contributed by atoms with Crippen LogP contribution in [0.2, 0.25) is 0 Å². The molecule has 0 radical (unpaired) electrons. The molecule has 134 valence electrons. The minimum absolute atomic E-state index is 0.0153. The lowest BCUT2D eigenvalue weighted by Crippen LogP contribution is -2.34. The van der Waals surface area contributed by atoms with Crippen molar-refractivity contribution in [3.05, 3.63) is 59.7 Å². The molecule has 0 atom stereocenters. The molecule has 2 aromatic rings. The minimum atomic E-state index is -0.0153. The number of anilines is 1. The topological polar surface area (TPSA) is 65.4 Å². The molecule has 5 nitrogen and oxygen atoms in total. The van der Waals surface area contributed by atoms with Crippen LogP contribution < -0.4 is 10.1 Å². The summed E-state index contributed by atoms with van der Waals surface area (Å²) in [5.41, 5.74) is 2.88. The standard InChI is InChI=1S/C21H23N3O2/c1-26-20-10-4-17(5-11-20)14-24(19-8-9-19)15-21(25)23-18-6-2-16(3-7-18)12-13-22/h2-7,10-11,19H,8-9,12,14-15H2,1H3,(H,23,25). The summed E-state index contributed by atoms with van der Waals surface area (Å²) in [6.45, 7) is 1.12. The molecule has 1 N–H and O–H groups in total. The first-order chi connectivity index (χ1) is 12.7. The molecule has 1 aliphatic rings. The van der Waals surface area contributed by atoms with Crippen LogP contribution in [-0.4, -0.2) is 30.5 Å². The molecular formula is C21H23N3O2. The number of carbonyl (C=O) groups excluding carboxylic acids is 1. The van der Waals surface area contributed by atoms with Gasteiger partial charge >= 0.3 is 0 Å². The zero-order valence-electron chi connectivity index (χ0n) is 14.9. The van der Waals surface area contributed by atoms with E-state index in [9.17, 15) is 4.79 Å². The molecular weight excluding hydrogens is 326 g/mol. The maximum atomic E-state index is 12.4. The summed E-state index contributed by atoms with van der Waals surface area (Å²) in [7, 11) is 1.66. The van der Waals surface area contributed by atoms with Gasteiger partial charge in [0.2, 0.25) is 5.91 Å². The highest BCUT2D eigenvalue weighted by Gasteiger charge is 2.30. The van der Waals surface area contributed by atoms with Crippen molar-refractivity contribution < 1.29 is 9.53 Å².